The second-order valence-corrected chi connectivity index (χ2v) is 4.15. The standard InChI is InChI=1S/C9H9O3S/c1-3-13(10,11)9-7-5-4-6-8(9)12-2/h3-4,6-7H,1H2,2H3. The zero-order valence-corrected chi connectivity index (χ0v) is 7.97. The lowest BCUT2D eigenvalue weighted by atomic mass is 10.3. The normalized spacial score (nSPS) is 10.8. The van der Waals surface area contributed by atoms with Gasteiger partial charge in [0.15, 0.2) is 0 Å². The number of ether oxygens (including phenoxy) is 1. The molecule has 0 aliphatic rings. The molecule has 13 heavy (non-hydrogen) atoms. The van der Waals surface area contributed by atoms with E-state index in [1.807, 2.05) is 0 Å². The van der Waals surface area contributed by atoms with E-state index in [1.165, 1.54) is 19.2 Å². The Bertz CT molecular complexity index is 407. The third-order valence-corrected chi connectivity index (χ3v) is 2.90. The summed E-state index contributed by atoms with van der Waals surface area (Å²) in [5.41, 5.74) is 0. The zero-order valence-electron chi connectivity index (χ0n) is 7.15. The van der Waals surface area contributed by atoms with E-state index < -0.39 is 9.84 Å². The summed E-state index contributed by atoms with van der Waals surface area (Å²) in [5.74, 6) is 0.304. The Morgan fingerprint density at radius 1 is 1.62 bits per heavy atom. The molecular weight excluding hydrogens is 188 g/mol. The summed E-state index contributed by atoms with van der Waals surface area (Å²) in [6.07, 6.45) is 0. The van der Waals surface area contributed by atoms with Crippen molar-refractivity contribution in [1.82, 2.24) is 0 Å². The van der Waals surface area contributed by atoms with E-state index in [-0.39, 0.29) is 4.90 Å². The number of methoxy groups -OCH3 is 1. The molecule has 0 fully saturated rings. The van der Waals surface area contributed by atoms with Gasteiger partial charge in [0.25, 0.3) is 0 Å². The highest BCUT2D eigenvalue weighted by Gasteiger charge is 2.14. The maximum Gasteiger partial charge on any atom is 0.202 e. The van der Waals surface area contributed by atoms with Gasteiger partial charge in [0.2, 0.25) is 9.84 Å². The topological polar surface area (TPSA) is 43.4 Å². The summed E-state index contributed by atoms with van der Waals surface area (Å²) < 4.78 is 27.6. The molecule has 4 heteroatoms. The zero-order chi connectivity index (χ0) is 9.90. The first-order valence-corrected chi connectivity index (χ1v) is 5.08. The smallest absolute Gasteiger partial charge is 0.202 e. The quantitative estimate of drug-likeness (QED) is 0.735. The lowest BCUT2D eigenvalue weighted by molar-refractivity contribution is 0.403. The molecule has 0 unspecified atom stereocenters. The molecule has 0 aliphatic carbocycles. The van der Waals surface area contributed by atoms with Crippen molar-refractivity contribution in [1.29, 1.82) is 0 Å². The molecule has 1 aromatic carbocycles. The van der Waals surface area contributed by atoms with Gasteiger partial charge in [-0.05, 0) is 18.2 Å². The largest absolute Gasteiger partial charge is 0.495 e. The van der Waals surface area contributed by atoms with E-state index >= 15 is 0 Å². The second-order valence-electron chi connectivity index (χ2n) is 2.29. The summed E-state index contributed by atoms with van der Waals surface area (Å²) in [6, 6.07) is 7.15. The van der Waals surface area contributed by atoms with Crippen molar-refractivity contribution >= 4 is 9.84 Å². The van der Waals surface area contributed by atoms with Crippen LogP contribution in [0.25, 0.3) is 0 Å². The number of benzene rings is 1. The van der Waals surface area contributed by atoms with Crippen molar-refractivity contribution < 1.29 is 13.2 Å². The number of hydrogen-bond acceptors (Lipinski definition) is 3. The molecule has 0 heterocycles. The third-order valence-electron chi connectivity index (χ3n) is 1.53. The second kappa shape index (κ2) is 3.62. The molecule has 1 rings (SSSR count). The number of sulfone groups is 1. The maximum absolute atomic E-state index is 11.4. The fourth-order valence-corrected chi connectivity index (χ4v) is 1.73. The van der Waals surface area contributed by atoms with Gasteiger partial charge >= 0.3 is 0 Å². The van der Waals surface area contributed by atoms with Crippen LogP contribution in [0.15, 0.2) is 35.1 Å². The highest BCUT2D eigenvalue weighted by molar-refractivity contribution is 7.94. The molecule has 0 bridgehead atoms. The molecule has 0 aromatic heterocycles. The summed E-state index contributed by atoms with van der Waals surface area (Å²) in [5, 5.41) is 0.888. The van der Waals surface area contributed by atoms with E-state index in [4.69, 9.17) is 4.74 Å². The van der Waals surface area contributed by atoms with Crippen molar-refractivity contribution in [2.45, 2.75) is 4.90 Å². The van der Waals surface area contributed by atoms with E-state index in [0.29, 0.717) is 5.75 Å². The lowest BCUT2D eigenvalue weighted by Crippen LogP contribution is -1.98. The maximum atomic E-state index is 11.4. The Morgan fingerprint density at radius 2 is 2.31 bits per heavy atom. The van der Waals surface area contributed by atoms with E-state index in [1.54, 1.807) is 6.07 Å². The predicted molar refractivity (Wildman–Crippen MR) is 49.2 cm³/mol. The highest BCUT2D eigenvalue weighted by atomic mass is 32.2. The van der Waals surface area contributed by atoms with Crippen LogP contribution < -0.4 is 4.74 Å². The minimum Gasteiger partial charge on any atom is -0.495 e. The first-order chi connectivity index (χ1) is 6.11. The van der Waals surface area contributed by atoms with Gasteiger partial charge in [-0.3, -0.25) is 0 Å². The first kappa shape index (κ1) is 9.80. The lowest BCUT2D eigenvalue weighted by Gasteiger charge is -2.04. The molecular formula is C9H9O3S. The molecule has 0 atom stereocenters. The Morgan fingerprint density at radius 3 is 2.85 bits per heavy atom. The average molecular weight is 197 g/mol. The Kier molecular flexibility index (Phi) is 2.72. The van der Waals surface area contributed by atoms with Gasteiger partial charge in [0.1, 0.15) is 10.6 Å². The molecule has 0 aliphatic heterocycles. The predicted octanol–water partition coefficient (Wildman–Crippen LogP) is 1.41. The molecule has 0 saturated heterocycles. The van der Waals surface area contributed by atoms with Crippen molar-refractivity contribution in [2.75, 3.05) is 7.11 Å². The van der Waals surface area contributed by atoms with Crippen LogP contribution >= 0.6 is 0 Å². The monoisotopic (exact) mass is 197 g/mol. The van der Waals surface area contributed by atoms with Crippen molar-refractivity contribution in [2.24, 2.45) is 0 Å². The van der Waals surface area contributed by atoms with E-state index in [0.717, 1.165) is 5.41 Å². The molecule has 1 aromatic rings. The van der Waals surface area contributed by atoms with Crippen LogP contribution in [0, 0.1) is 6.07 Å². The van der Waals surface area contributed by atoms with Crippen LogP contribution in [0.2, 0.25) is 0 Å². The number of hydrogen-bond donors (Lipinski definition) is 0. The Balaban J connectivity index is 3.37. The molecule has 0 amide bonds. The third kappa shape index (κ3) is 1.89. The van der Waals surface area contributed by atoms with Gasteiger partial charge < -0.3 is 4.74 Å². The van der Waals surface area contributed by atoms with Crippen LogP contribution in [-0.4, -0.2) is 15.5 Å². The van der Waals surface area contributed by atoms with Gasteiger partial charge in [-0.25, -0.2) is 8.42 Å². The highest BCUT2D eigenvalue weighted by Crippen LogP contribution is 2.23. The average Bonchev–Trinajstić information content (AvgIpc) is 2.18. The fourth-order valence-electron chi connectivity index (χ4n) is 0.882. The summed E-state index contributed by atoms with van der Waals surface area (Å²) in [6.45, 7) is 3.23. The van der Waals surface area contributed by atoms with Gasteiger partial charge in [-0.1, -0.05) is 12.6 Å². The molecule has 0 N–H and O–H groups in total. The van der Waals surface area contributed by atoms with Crippen LogP contribution in [0.1, 0.15) is 0 Å². The van der Waals surface area contributed by atoms with Crippen molar-refractivity contribution in [3.8, 4) is 5.75 Å². The van der Waals surface area contributed by atoms with Crippen LogP contribution in [-0.2, 0) is 9.84 Å². The van der Waals surface area contributed by atoms with Crippen LogP contribution in [0.3, 0.4) is 0 Å². The SMILES string of the molecule is C=CS(=O)(=O)c1c[c]ccc1OC. The van der Waals surface area contributed by atoms with Gasteiger partial charge in [-0.15, -0.1) is 0 Å². The van der Waals surface area contributed by atoms with E-state index in [2.05, 4.69) is 12.6 Å². The van der Waals surface area contributed by atoms with Gasteiger partial charge in [-0.2, -0.15) is 0 Å². The number of rotatable bonds is 3. The molecule has 0 spiro atoms. The Labute approximate surface area is 77.6 Å². The summed E-state index contributed by atoms with van der Waals surface area (Å²) >= 11 is 0. The molecule has 0 saturated carbocycles. The van der Waals surface area contributed by atoms with Gasteiger partial charge in [0, 0.05) is 5.41 Å². The molecule has 69 valence electrons. The first-order valence-electron chi connectivity index (χ1n) is 3.53. The van der Waals surface area contributed by atoms with Crippen molar-refractivity contribution in [3.63, 3.8) is 0 Å². The Hall–Kier alpha value is -1.29. The minimum atomic E-state index is -3.43. The van der Waals surface area contributed by atoms with Crippen LogP contribution in [0.4, 0.5) is 0 Å². The fraction of sp³-hybridized carbons (Fsp3) is 0.111. The van der Waals surface area contributed by atoms with Gasteiger partial charge in [0.05, 0.1) is 7.11 Å². The summed E-state index contributed by atoms with van der Waals surface area (Å²) in [4.78, 5) is 0.0903. The summed E-state index contributed by atoms with van der Waals surface area (Å²) in [7, 11) is -2.02. The van der Waals surface area contributed by atoms with Crippen LogP contribution in [0.5, 0.6) is 5.75 Å². The minimum absolute atomic E-state index is 0.0903. The molecule has 1 radical (unpaired) electrons. The van der Waals surface area contributed by atoms with E-state index in [9.17, 15) is 8.42 Å². The van der Waals surface area contributed by atoms with Crippen molar-refractivity contribution in [3.05, 3.63) is 36.3 Å². The molecule has 3 nitrogen and oxygen atoms in total.